The first kappa shape index (κ1) is 15.3. The molecule has 1 saturated carbocycles. The van der Waals surface area contributed by atoms with E-state index >= 15 is 0 Å². The zero-order chi connectivity index (χ0) is 16.7. The van der Waals surface area contributed by atoms with Gasteiger partial charge in [0.1, 0.15) is 5.75 Å². The van der Waals surface area contributed by atoms with Gasteiger partial charge < -0.3 is 19.5 Å². The van der Waals surface area contributed by atoms with Crippen molar-refractivity contribution in [3.63, 3.8) is 0 Å². The molecule has 1 unspecified atom stereocenters. The minimum atomic E-state index is 0.0295. The lowest BCUT2D eigenvalue weighted by atomic mass is 9.89. The fourth-order valence-corrected chi connectivity index (χ4v) is 4.05. The van der Waals surface area contributed by atoms with Crippen molar-refractivity contribution in [2.75, 3.05) is 27.9 Å². The number of fused-ring (bicyclic) bond motifs is 2. The first-order chi connectivity index (χ1) is 11.7. The van der Waals surface area contributed by atoms with Crippen molar-refractivity contribution in [1.82, 2.24) is 5.32 Å². The van der Waals surface area contributed by atoms with Crippen LogP contribution in [0.1, 0.15) is 29.0 Å². The first-order valence-electron chi connectivity index (χ1n) is 8.36. The lowest BCUT2D eigenvalue weighted by molar-refractivity contribution is 0.351. The molecule has 4 rings (SSSR count). The zero-order valence-electron chi connectivity index (χ0n) is 14.4. The highest BCUT2D eigenvalue weighted by molar-refractivity contribution is 5.55. The van der Waals surface area contributed by atoms with E-state index in [0.717, 1.165) is 36.6 Å². The fourth-order valence-electron chi connectivity index (χ4n) is 4.05. The van der Waals surface area contributed by atoms with Crippen molar-refractivity contribution >= 4 is 0 Å². The van der Waals surface area contributed by atoms with Gasteiger partial charge in [-0.05, 0) is 53.8 Å². The van der Waals surface area contributed by atoms with E-state index in [2.05, 4.69) is 29.6 Å². The summed E-state index contributed by atoms with van der Waals surface area (Å²) >= 11 is 0. The van der Waals surface area contributed by atoms with E-state index in [1.807, 2.05) is 12.1 Å². The Morgan fingerprint density at radius 3 is 2.33 bits per heavy atom. The molecule has 1 aliphatic carbocycles. The Bertz CT molecular complexity index is 756. The van der Waals surface area contributed by atoms with Gasteiger partial charge in [-0.2, -0.15) is 0 Å². The Balaban J connectivity index is 1.71. The molecule has 1 fully saturated rings. The summed E-state index contributed by atoms with van der Waals surface area (Å²) in [6.07, 6.45) is 2.13. The summed E-state index contributed by atoms with van der Waals surface area (Å²) in [5, 5.41) is 3.76. The number of rotatable bonds is 4. The summed E-state index contributed by atoms with van der Waals surface area (Å²) in [6.45, 7) is 0.995. The molecule has 0 amide bonds. The van der Waals surface area contributed by atoms with E-state index in [1.54, 1.807) is 21.3 Å². The Hall–Kier alpha value is -2.20. The molecule has 0 saturated heterocycles. The highest BCUT2D eigenvalue weighted by Crippen LogP contribution is 2.61. The molecular formula is C20H23NO3. The van der Waals surface area contributed by atoms with E-state index < -0.39 is 0 Å². The molecule has 2 aromatic carbocycles. The smallest absolute Gasteiger partial charge is 0.161 e. The molecule has 0 radical (unpaired) electrons. The predicted octanol–water partition coefficient (Wildman–Crippen LogP) is 3.24. The number of methoxy groups -OCH3 is 3. The van der Waals surface area contributed by atoms with Crippen LogP contribution in [0.3, 0.4) is 0 Å². The van der Waals surface area contributed by atoms with Crippen LogP contribution >= 0.6 is 0 Å². The number of ether oxygens (including phenoxy) is 3. The van der Waals surface area contributed by atoms with Crippen LogP contribution < -0.4 is 19.5 Å². The van der Waals surface area contributed by atoms with Crippen molar-refractivity contribution < 1.29 is 14.2 Å². The molecule has 4 nitrogen and oxygen atoms in total. The van der Waals surface area contributed by atoms with Crippen LogP contribution in [0.15, 0.2) is 36.4 Å². The molecule has 1 spiro atoms. The van der Waals surface area contributed by atoms with Gasteiger partial charge in [-0.1, -0.05) is 12.1 Å². The SMILES string of the molecule is COc1ccc([C@H]2CC23NCCc2cc(OC)c(OC)cc23)cc1. The second-order valence-corrected chi connectivity index (χ2v) is 6.54. The van der Waals surface area contributed by atoms with Crippen LogP contribution in [-0.2, 0) is 12.0 Å². The summed E-state index contributed by atoms with van der Waals surface area (Å²) in [7, 11) is 5.09. The molecule has 2 aromatic rings. The second kappa shape index (κ2) is 5.71. The summed E-state index contributed by atoms with van der Waals surface area (Å²) < 4.78 is 16.3. The van der Waals surface area contributed by atoms with Crippen molar-refractivity contribution in [3.05, 3.63) is 53.1 Å². The maximum Gasteiger partial charge on any atom is 0.161 e. The fraction of sp³-hybridized carbons (Fsp3) is 0.400. The topological polar surface area (TPSA) is 39.7 Å². The van der Waals surface area contributed by atoms with Crippen LogP contribution in [0.5, 0.6) is 17.2 Å². The number of hydrogen-bond acceptors (Lipinski definition) is 4. The maximum atomic E-state index is 5.53. The van der Waals surface area contributed by atoms with E-state index in [4.69, 9.17) is 14.2 Å². The van der Waals surface area contributed by atoms with Crippen LogP contribution in [-0.4, -0.2) is 27.9 Å². The van der Waals surface area contributed by atoms with Gasteiger partial charge >= 0.3 is 0 Å². The largest absolute Gasteiger partial charge is 0.497 e. The van der Waals surface area contributed by atoms with E-state index in [1.165, 1.54) is 16.7 Å². The monoisotopic (exact) mass is 325 g/mol. The van der Waals surface area contributed by atoms with Crippen LogP contribution in [0.25, 0.3) is 0 Å². The normalized spacial score (nSPS) is 24.4. The molecule has 0 bridgehead atoms. The average Bonchev–Trinajstić information content (AvgIpc) is 3.35. The molecule has 2 atom stereocenters. The van der Waals surface area contributed by atoms with Crippen molar-refractivity contribution in [2.45, 2.75) is 24.3 Å². The Morgan fingerprint density at radius 2 is 1.67 bits per heavy atom. The molecule has 1 N–H and O–H groups in total. The summed E-state index contributed by atoms with van der Waals surface area (Å²) in [5.74, 6) is 3.01. The summed E-state index contributed by atoms with van der Waals surface area (Å²) in [5.41, 5.74) is 4.10. The van der Waals surface area contributed by atoms with Crippen LogP contribution in [0, 0.1) is 0 Å². The van der Waals surface area contributed by atoms with Gasteiger partial charge in [-0.25, -0.2) is 0 Å². The molecule has 2 aliphatic rings. The molecular weight excluding hydrogens is 302 g/mol. The van der Waals surface area contributed by atoms with E-state index in [0.29, 0.717) is 5.92 Å². The Morgan fingerprint density at radius 1 is 0.958 bits per heavy atom. The van der Waals surface area contributed by atoms with Crippen molar-refractivity contribution in [2.24, 2.45) is 0 Å². The van der Waals surface area contributed by atoms with Gasteiger partial charge in [0.25, 0.3) is 0 Å². The minimum Gasteiger partial charge on any atom is -0.497 e. The quantitative estimate of drug-likeness (QED) is 0.937. The van der Waals surface area contributed by atoms with Gasteiger partial charge in [0.05, 0.1) is 26.9 Å². The number of hydrogen-bond donors (Lipinski definition) is 1. The second-order valence-electron chi connectivity index (χ2n) is 6.54. The predicted molar refractivity (Wildman–Crippen MR) is 93.3 cm³/mol. The molecule has 4 heteroatoms. The highest BCUT2D eigenvalue weighted by Gasteiger charge is 2.57. The third-order valence-electron chi connectivity index (χ3n) is 5.40. The Kier molecular flexibility index (Phi) is 3.65. The summed E-state index contributed by atoms with van der Waals surface area (Å²) in [6, 6.07) is 12.7. The van der Waals surface area contributed by atoms with Gasteiger partial charge in [0.15, 0.2) is 11.5 Å². The van der Waals surface area contributed by atoms with Gasteiger partial charge in [0, 0.05) is 12.5 Å². The molecule has 24 heavy (non-hydrogen) atoms. The summed E-state index contributed by atoms with van der Waals surface area (Å²) in [4.78, 5) is 0. The van der Waals surface area contributed by atoms with Crippen molar-refractivity contribution in [3.8, 4) is 17.2 Å². The Labute approximate surface area is 142 Å². The van der Waals surface area contributed by atoms with E-state index in [9.17, 15) is 0 Å². The third kappa shape index (κ3) is 2.25. The molecule has 1 heterocycles. The van der Waals surface area contributed by atoms with E-state index in [-0.39, 0.29) is 5.54 Å². The average molecular weight is 325 g/mol. The standard InChI is InChI=1S/C20H23NO3/c1-22-15-6-4-13(5-7-15)17-12-20(17)16-11-19(24-3)18(23-2)10-14(16)8-9-21-20/h4-7,10-11,17,21H,8-9,12H2,1-3H3/t17-,20?/m1/s1. The molecule has 1 aliphatic heterocycles. The molecule has 0 aromatic heterocycles. The van der Waals surface area contributed by atoms with Crippen molar-refractivity contribution in [1.29, 1.82) is 0 Å². The number of benzene rings is 2. The lowest BCUT2D eigenvalue weighted by Crippen LogP contribution is -2.37. The minimum absolute atomic E-state index is 0.0295. The first-order valence-corrected chi connectivity index (χ1v) is 8.36. The van der Waals surface area contributed by atoms with Gasteiger partial charge in [-0.3, -0.25) is 0 Å². The molecule has 126 valence electrons. The van der Waals surface area contributed by atoms with Gasteiger partial charge in [-0.15, -0.1) is 0 Å². The highest BCUT2D eigenvalue weighted by atomic mass is 16.5. The number of nitrogens with one attached hydrogen (secondary N) is 1. The lowest BCUT2D eigenvalue weighted by Gasteiger charge is -2.29. The zero-order valence-corrected chi connectivity index (χ0v) is 14.4. The van der Waals surface area contributed by atoms with Crippen LogP contribution in [0.2, 0.25) is 0 Å². The maximum absolute atomic E-state index is 5.53. The van der Waals surface area contributed by atoms with Gasteiger partial charge in [0.2, 0.25) is 0 Å². The van der Waals surface area contributed by atoms with Crippen LogP contribution in [0.4, 0.5) is 0 Å². The third-order valence-corrected chi connectivity index (χ3v) is 5.40.